The number of hydrogen-bond acceptors (Lipinski definition) is 8. The summed E-state index contributed by atoms with van der Waals surface area (Å²) in [5.41, 5.74) is 9.13. The molecule has 0 radical (unpaired) electrons. The number of fused-ring (bicyclic) bond motifs is 1. The van der Waals surface area contributed by atoms with E-state index in [4.69, 9.17) is 15.2 Å². The van der Waals surface area contributed by atoms with Gasteiger partial charge in [-0.2, -0.15) is 0 Å². The van der Waals surface area contributed by atoms with Gasteiger partial charge in [0.05, 0.1) is 22.9 Å². The van der Waals surface area contributed by atoms with Crippen LogP contribution < -0.4 is 25.8 Å². The number of nitrogens with two attached hydrogens (primary N) is 1. The van der Waals surface area contributed by atoms with E-state index in [1.54, 1.807) is 29.5 Å². The average molecular weight is 579 g/mol. The van der Waals surface area contributed by atoms with Crippen LogP contribution in [0.3, 0.4) is 0 Å². The van der Waals surface area contributed by atoms with E-state index in [1.165, 1.54) is 11.0 Å². The first-order chi connectivity index (χ1) is 19.7. The molecule has 0 bridgehead atoms. The number of benzene rings is 2. The fraction of sp³-hybridized carbons (Fsp3) is 0.333. The second-order valence-electron chi connectivity index (χ2n) is 9.73. The zero-order valence-electron chi connectivity index (χ0n) is 23.2. The summed E-state index contributed by atoms with van der Waals surface area (Å²) in [6.07, 6.45) is 5.08. The number of ether oxygens (including phenoxy) is 2. The monoisotopic (exact) mass is 578 g/mol. The number of nitrogens with one attached hydrogen (secondary N) is 2. The van der Waals surface area contributed by atoms with Crippen LogP contribution in [0.2, 0.25) is 0 Å². The number of carbonyl (C=O) groups is 2. The van der Waals surface area contributed by atoms with Gasteiger partial charge in [0.1, 0.15) is 0 Å². The molecule has 10 nitrogen and oxygen atoms in total. The molecule has 1 aliphatic heterocycles. The first-order valence-electron chi connectivity index (χ1n) is 13.6. The van der Waals surface area contributed by atoms with Crippen LogP contribution in [0.1, 0.15) is 55.9 Å². The Morgan fingerprint density at radius 2 is 1.78 bits per heavy atom. The highest BCUT2D eigenvalue weighted by Crippen LogP contribution is 2.39. The highest BCUT2D eigenvalue weighted by molar-refractivity contribution is 7.15. The second kappa shape index (κ2) is 13.8. The lowest BCUT2D eigenvalue weighted by molar-refractivity contribution is -0.427. The predicted molar refractivity (Wildman–Crippen MR) is 162 cm³/mol. The van der Waals surface area contributed by atoms with E-state index >= 15 is 0 Å². The summed E-state index contributed by atoms with van der Waals surface area (Å²) in [4.78, 5) is 38.1. The Hall–Kier alpha value is -4.38. The van der Waals surface area contributed by atoms with E-state index in [0.717, 1.165) is 23.3 Å². The first-order valence-corrected chi connectivity index (χ1v) is 14.4. The number of carbonyl (C=O) groups excluding carboxylic acids is 2. The lowest BCUT2D eigenvalue weighted by Crippen LogP contribution is -2.16. The van der Waals surface area contributed by atoms with Gasteiger partial charge in [0.25, 0.3) is 5.70 Å². The minimum absolute atomic E-state index is 0.0671. The van der Waals surface area contributed by atoms with Gasteiger partial charge in [-0.25, -0.2) is 0 Å². The largest absolute Gasteiger partial charge is 0.490 e. The maximum absolute atomic E-state index is 12.5. The number of nitrogens with zero attached hydrogens (tertiary/aromatic N) is 1. The van der Waals surface area contributed by atoms with Crippen molar-refractivity contribution in [2.45, 2.75) is 52.4 Å². The predicted octanol–water partition coefficient (Wildman–Crippen LogP) is 6.63. The maximum Gasteiger partial charge on any atom is 0.284 e. The van der Waals surface area contributed by atoms with Crippen LogP contribution in [0.15, 0.2) is 48.2 Å². The topological polar surface area (TPSA) is 146 Å². The number of nitrogen functional groups attached to an aromatic ring is 1. The van der Waals surface area contributed by atoms with Crippen molar-refractivity contribution in [2.24, 2.45) is 0 Å². The SMILES string of the molecule is CCOc1cc(NC(=O)CCCCCCC(=O)Nc2cc(-c3ccc(C)s3)ccc2N)cc2c1OCC([N+](=O)[O-])=C2. The molecule has 0 saturated carbocycles. The highest BCUT2D eigenvalue weighted by atomic mass is 32.1. The molecule has 0 spiro atoms. The first kappa shape index (κ1) is 29.6. The van der Waals surface area contributed by atoms with Crippen LogP contribution in [-0.2, 0) is 9.59 Å². The minimum Gasteiger partial charge on any atom is -0.490 e. The quantitative estimate of drug-likeness (QED) is 0.0892. The Morgan fingerprint density at radius 3 is 2.44 bits per heavy atom. The fourth-order valence-electron chi connectivity index (χ4n) is 4.46. The van der Waals surface area contributed by atoms with E-state index in [1.807, 2.05) is 19.1 Å². The summed E-state index contributed by atoms with van der Waals surface area (Å²) in [7, 11) is 0. The molecule has 1 aliphatic rings. The molecule has 11 heteroatoms. The Kier molecular flexibility index (Phi) is 9.96. The number of unbranched alkanes of at least 4 members (excludes halogenated alkanes) is 3. The molecule has 2 amide bonds. The summed E-state index contributed by atoms with van der Waals surface area (Å²) in [5, 5.41) is 16.9. The van der Waals surface area contributed by atoms with Crippen molar-refractivity contribution in [3.05, 3.63) is 68.7 Å². The fourth-order valence-corrected chi connectivity index (χ4v) is 5.33. The molecular weight excluding hydrogens is 544 g/mol. The Balaban J connectivity index is 1.20. The molecule has 4 rings (SSSR count). The molecular formula is C30H34N4O6S. The number of aryl methyl sites for hydroxylation is 1. The van der Waals surface area contributed by atoms with Crippen molar-refractivity contribution < 1.29 is 24.0 Å². The number of thiophene rings is 1. The molecule has 0 aliphatic carbocycles. The van der Waals surface area contributed by atoms with Gasteiger partial charge in [0, 0.05) is 46.0 Å². The number of rotatable bonds is 13. The second-order valence-corrected chi connectivity index (χ2v) is 11.0. The van der Waals surface area contributed by atoms with E-state index < -0.39 is 4.92 Å². The van der Waals surface area contributed by atoms with Gasteiger partial charge in [-0.1, -0.05) is 18.9 Å². The summed E-state index contributed by atoms with van der Waals surface area (Å²) in [5.74, 6) is 0.584. The van der Waals surface area contributed by atoms with E-state index in [0.29, 0.717) is 66.4 Å². The van der Waals surface area contributed by atoms with Crippen LogP contribution in [0.4, 0.5) is 17.1 Å². The number of hydrogen-bond donors (Lipinski definition) is 3. The summed E-state index contributed by atoms with van der Waals surface area (Å²) in [6, 6.07) is 13.1. The molecule has 3 aromatic rings. The third kappa shape index (κ3) is 8.07. The van der Waals surface area contributed by atoms with Gasteiger partial charge in [-0.15, -0.1) is 11.3 Å². The van der Waals surface area contributed by atoms with Gasteiger partial charge in [-0.05, 0) is 62.6 Å². The van der Waals surface area contributed by atoms with Crippen molar-refractivity contribution in [1.82, 2.24) is 0 Å². The molecule has 4 N–H and O–H groups in total. The number of nitro groups is 1. The third-order valence-corrected chi connectivity index (χ3v) is 7.55. The summed E-state index contributed by atoms with van der Waals surface area (Å²) >= 11 is 1.69. The van der Waals surface area contributed by atoms with Crippen LogP contribution in [-0.4, -0.2) is 30.0 Å². The molecule has 2 aromatic carbocycles. The minimum atomic E-state index is -0.488. The lowest BCUT2D eigenvalue weighted by atomic mass is 10.1. The lowest BCUT2D eigenvalue weighted by Gasteiger charge is -2.19. The molecule has 41 heavy (non-hydrogen) atoms. The maximum atomic E-state index is 12.5. The van der Waals surface area contributed by atoms with Crippen molar-refractivity contribution >= 4 is 46.3 Å². The molecule has 0 saturated heterocycles. The van der Waals surface area contributed by atoms with Crippen molar-refractivity contribution in [2.75, 3.05) is 29.6 Å². The van der Waals surface area contributed by atoms with Gasteiger partial charge in [0.2, 0.25) is 11.8 Å². The van der Waals surface area contributed by atoms with Crippen molar-refractivity contribution in [3.8, 4) is 21.9 Å². The smallest absolute Gasteiger partial charge is 0.284 e. The zero-order valence-corrected chi connectivity index (χ0v) is 24.0. The van der Waals surface area contributed by atoms with Gasteiger partial charge >= 0.3 is 0 Å². The summed E-state index contributed by atoms with van der Waals surface area (Å²) in [6.45, 7) is 4.11. The van der Waals surface area contributed by atoms with Crippen LogP contribution >= 0.6 is 11.3 Å². The van der Waals surface area contributed by atoms with E-state index in [-0.39, 0.29) is 24.1 Å². The van der Waals surface area contributed by atoms with Crippen molar-refractivity contribution in [3.63, 3.8) is 0 Å². The van der Waals surface area contributed by atoms with Gasteiger partial charge < -0.3 is 25.8 Å². The average Bonchev–Trinajstić information content (AvgIpc) is 3.37. The summed E-state index contributed by atoms with van der Waals surface area (Å²) < 4.78 is 11.2. The number of amides is 2. The molecule has 216 valence electrons. The van der Waals surface area contributed by atoms with Crippen LogP contribution in [0, 0.1) is 17.0 Å². The van der Waals surface area contributed by atoms with E-state index in [9.17, 15) is 19.7 Å². The zero-order chi connectivity index (χ0) is 29.4. The van der Waals surface area contributed by atoms with Crippen LogP contribution in [0.5, 0.6) is 11.5 Å². The molecule has 2 heterocycles. The van der Waals surface area contributed by atoms with E-state index in [2.05, 4.69) is 29.7 Å². The Morgan fingerprint density at radius 1 is 1.05 bits per heavy atom. The molecule has 0 unspecified atom stereocenters. The number of anilines is 3. The van der Waals surface area contributed by atoms with Crippen LogP contribution in [0.25, 0.3) is 16.5 Å². The molecule has 0 fully saturated rings. The molecule has 1 aromatic heterocycles. The highest BCUT2D eigenvalue weighted by Gasteiger charge is 2.24. The van der Waals surface area contributed by atoms with Gasteiger partial charge in [-0.3, -0.25) is 19.7 Å². The molecule has 0 atom stereocenters. The Bertz CT molecular complexity index is 1470. The van der Waals surface area contributed by atoms with Gasteiger partial charge in [0.15, 0.2) is 18.1 Å². The standard InChI is InChI=1S/C30H34N4O6S/c1-3-39-26-17-22(14-21-15-23(34(37)38)18-40-30(21)26)32-28(35)8-6-4-5-7-9-29(36)33-25-16-20(11-12-24(25)31)27-13-10-19(2)41-27/h10-17H,3-9,18,31H2,1-2H3,(H,32,35)(H,33,36). The normalized spacial score (nSPS) is 12.1. The Labute approximate surface area is 242 Å². The third-order valence-electron chi connectivity index (χ3n) is 6.50. The van der Waals surface area contributed by atoms with Crippen molar-refractivity contribution in [1.29, 1.82) is 0 Å².